The summed E-state index contributed by atoms with van der Waals surface area (Å²) in [5.41, 5.74) is 2.78. The number of carbonyl (C=O) groups is 1. The van der Waals surface area contributed by atoms with Crippen molar-refractivity contribution in [2.24, 2.45) is 0 Å². The smallest absolute Gasteiger partial charge is 0.223 e. The molecular formula is C30H34F2N2O4S. The van der Waals surface area contributed by atoms with Gasteiger partial charge < -0.3 is 10.0 Å². The Morgan fingerprint density at radius 1 is 0.949 bits per heavy atom. The van der Waals surface area contributed by atoms with Gasteiger partial charge in [0.05, 0.1) is 18.4 Å². The number of hydrogen-bond acceptors (Lipinski definition) is 4. The van der Waals surface area contributed by atoms with Crippen LogP contribution in [0, 0.1) is 11.6 Å². The molecule has 1 amide bonds. The number of aliphatic hydroxyl groups is 1. The molecular weight excluding hydrogens is 522 g/mol. The highest BCUT2D eigenvalue weighted by Gasteiger charge is 2.43. The van der Waals surface area contributed by atoms with Crippen LogP contribution in [0.2, 0.25) is 0 Å². The largest absolute Gasteiger partial charge is 0.392 e. The fourth-order valence-electron chi connectivity index (χ4n) is 5.41. The van der Waals surface area contributed by atoms with E-state index >= 15 is 0 Å². The van der Waals surface area contributed by atoms with Gasteiger partial charge in [-0.3, -0.25) is 4.79 Å². The van der Waals surface area contributed by atoms with Crippen molar-refractivity contribution in [1.82, 2.24) is 9.21 Å². The average Bonchev–Trinajstić information content (AvgIpc) is 2.88. The first-order valence-electron chi connectivity index (χ1n) is 12.9. The summed E-state index contributed by atoms with van der Waals surface area (Å²) in [7, 11) is -2.08. The highest BCUT2D eigenvalue weighted by Crippen LogP contribution is 2.42. The maximum atomic E-state index is 13.7. The van der Waals surface area contributed by atoms with E-state index in [0.717, 1.165) is 32.8 Å². The number of halogens is 2. The van der Waals surface area contributed by atoms with Gasteiger partial charge in [-0.2, -0.15) is 0 Å². The number of aliphatic hydroxyl groups excluding tert-OH is 1. The maximum Gasteiger partial charge on any atom is 0.223 e. The predicted molar refractivity (Wildman–Crippen MR) is 147 cm³/mol. The number of rotatable bonds is 9. The van der Waals surface area contributed by atoms with Gasteiger partial charge in [0, 0.05) is 32.0 Å². The monoisotopic (exact) mass is 556 g/mol. The predicted octanol–water partition coefficient (Wildman–Crippen LogP) is 4.90. The van der Waals surface area contributed by atoms with Crippen LogP contribution in [0.15, 0.2) is 72.8 Å². The molecule has 9 heteroatoms. The quantitative estimate of drug-likeness (QED) is 0.407. The van der Waals surface area contributed by atoms with Crippen LogP contribution in [0.1, 0.15) is 43.4 Å². The molecule has 3 aromatic carbocycles. The number of likely N-dealkylation sites (N-methyl/N-ethyl adjacent to an activating group) is 1. The normalized spacial score (nSPS) is 19.8. The van der Waals surface area contributed by atoms with Gasteiger partial charge in [-0.1, -0.05) is 48.5 Å². The first-order chi connectivity index (χ1) is 18.4. The molecule has 0 unspecified atom stereocenters. The minimum absolute atomic E-state index is 0.0932. The minimum Gasteiger partial charge on any atom is -0.392 e. The van der Waals surface area contributed by atoms with Gasteiger partial charge >= 0.3 is 0 Å². The van der Waals surface area contributed by atoms with Crippen molar-refractivity contribution in [3.8, 4) is 11.1 Å². The number of benzene rings is 3. The summed E-state index contributed by atoms with van der Waals surface area (Å²) in [5, 5.41) is 10.9. The molecule has 1 aliphatic heterocycles. The van der Waals surface area contributed by atoms with Crippen molar-refractivity contribution < 1.29 is 27.1 Å². The number of hydrogen-bond donors (Lipinski definition) is 1. The molecule has 0 aliphatic carbocycles. The summed E-state index contributed by atoms with van der Waals surface area (Å²) in [4.78, 5) is 15.4. The molecule has 6 nitrogen and oxygen atoms in total. The van der Waals surface area contributed by atoms with Crippen molar-refractivity contribution in [2.45, 2.75) is 43.7 Å². The second-order valence-electron chi connectivity index (χ2n) is 10.5. The third kappa shape index (κ3) is 6.72. The molecule has 39 heavy (non-hydrogen) atoms. The molecule has 1 aliphatic rings. The molecule has 0 radical (unpaired) electrons. The number of carbonyl (C=O) groups excluding carboxylic acids is 1. The van der Waals surface area contributed by atoms with Gasteiger partial charge in [-0.25, -0.2) is 21.5 Å². The Balaban J connectivity index is 1.53. The summed E-state index contributed by atoms with van der Waals surface area (Å²) < 4.78 is 51.8. The Morgan fingerprint density at radius 3 is 1.97 bits per heavy atom. The van der Waals surface area contributed by atoms with Crippen LogP contribution in [0.5, 0.6) is 0 Å². The van der Waals surface area contributed by atoms with Gasteiger partial charge in [0.1, 0.15) is 11.6 Å². The third-order valence-electron chi connectivity index (χ3n) is 7.80. The van der Waals surface area contributed by atoms with Crippen molar-refractivity contribution in [1.29, 1.82) is 0 Å². The molecule has 1 saturated heterocycles. The molecule has 208 valence electrons. The van der Waals surface area contributed by atoms with E-state index in [-0.39, 0.29) is 37.2 Å². The van der Waals surface area contributed by atoms with E-state index in [9.17, 15) is 27.1 Å². The summed E-state index contributed by atoms with van der Waals surface area (Å²) in [6, 6.07) is 19.9. The minimum atomic E-state index is -3.48. The zero-order valence-electron chi connectivity index (χ0n) is 22.3. The second-order valence-corrected chi connectivity index (χ2v) is 12.6. The first-order valence-corrected chi connectivity index (χ1v) is 14.7. The zero-order valence-corrected chi connectivity index (χ0v) is 23.2. The fraction of sp³-hybridized carbons (Fsp3) is 0.367. The van der Waals surface area contributed by atoms with Crippen LogP contribution in [0.3, 0.4) is 0 Å². The van der Waals surface area contributed by atoms with E-state index in [1.54, 1.807) is 24.3 Å². The van der Waals surface area contributed by atoms with Crippen molar-refractivity contribution >= 4 is 15.9 Å². The van der Waals surface area contributed by atoms with E-state index in [0.29, 0.717) is 13.0 Å². The van der Waals surface area contributed by atoms with Crippen LogP contribution >= 0.6 is 0 Å². The molecule has 0 spiro atoms. The highest BCUT2D eigenvalue weighted by molar-refractivity contribution is 7.88. The van der Waals surface area contributed by atoms with Gasteiger partial charge in [0.2, 0.25) is 15.9 Å². The Morgan fingerprint density at radius 2 is 1.46 bits per heavy atom. The number of sulfonamides is 1. The van der Waals surface area contributed by atoms with Gasteiger partial charge in [0.25, 0.3) is 0 Å². The Bertz CT molecular complexity index is 1400. The lowest BCUT2D eigenvalue weighted by Crippen LogP contribution is -2.49. The van der Waals surface area contributed by atoms with E-state index < -0.39 is 27.4 Å². The Hall–Kier alpha value is -3.14. The van der Waals surface area contributed by atoms with Crippen LogP contribution < -0.4 is 0 Å². The number of amides is 1. The van der Waals surface area contributed by atoms with E-state index in [1.165, 1.54) is 31.3 Å². The van der Waals surface area contributed by atoms with Gasteiger partial charge in [-0.05, 0) is 66.3 Å². The fourth-order valence-corrected chi connectivity index (χ4v) is 5.86. The van der Waals surface area contributed by atoms with Crippen molar-refractivity contribution in [3.63, 3.8) is 0 Å². The van der Waals surface area contributed by atoms with Crippen LogP contribution in [-0.2, 0) is 20.2 Å². The summed E-state index contributed by atoms with van der Waals surface area (Å²) >= 11 is 0. The molecule has 3 aromatic rings. The Kier molecular flexibility index (Phi) is 8.54. The maximum absolute atomic E-state index is 13.7. The number of nitrogens with zero attached hydrogens (tertiary/aromatic N) is 2. The third-order valence-corrected chi connectivity index (χ3v) is 9.08. The molecule has 3 atom stereocenters. The molecule has 1 N–H and O–H groups in total. The molecule has 0 aromatic heterocycles. The lowest BCUT2D eigenvalue weighted by Gasteiger charge is -2.45. The van der Waals surface area contributed by atoms with Gasteiger partial charge in [-0.15, -0.1) is 0 Å². The lowest BCUT2D eigenvalue weighted by atomic mass is 9.68. The van der Waals surface area contributed by atoms with Crippen molar-refractivity contribution in [3.05, 3.63) is 95.6 Å². The van der Waals surface area contributed by atoms with E-state index in [4.69, 9.17) is 0 Å². The second kappa shape index (κ2) is 11.5. The standard InChI is InChI=1S/C30H34F2N2O4S/c1-21(22-4-6-23(7-5-22)24-8-12-26(31)13-9-24)34-17-16-30(19-29(34)36,25-10-14-27(32)15-11-25)18-28(35)20-33(2)39(3,37)38/h4-15,21,28,35H,16-20H2,1-3H3/t21-,28-,30+/m0/s1. The van der Waals surface area contributed by atoms with Gasteiger partial charge in [0.15, 0.2) is 0 Å². The molecule has 4 rings (SSSR count). The summed E-state index contributed by atoms with van der Waals surface area (Å²) in [6.45, 7) is 2.29. The zero-order chi connectivity index (χ0) is 28.4. The lowest BCUT2D eigenvalue weighted by molar-refractivity contribution is -0.139. The molecule has 1 fully saturated rings. The molecule has 1 heterocycles. The number of likely N-dealkylation sites (tertiary alicyclic amines) is 1. The average molecular weight is 557 g/mol. The van der Waals surface area contributed by atoms with Crippen LogP contribution in [-0.4, -0.2) is 61.1 Å². The summed E-state index contributed by atoms with van der Waals surface area (Å²) in [6.07, 6.45) is 0.868. The van der Waals surface area contributed by atoms with Crippen LogP contribution in [0.4, 0.5) is 8.78 Å². The highest BCUT2D eigenvalue weighted by atomic mass is 32.2. The topological polar surface area (TPSA) is 77.9 Å². The molecule has 0 saturated carbocycles. The van der Waals surface area contributed by atoms with Crippen molar-refractivity contribution in [2.75, 3.05) is 26.4 Å². The first kappa shape index (κ1) is 28.9. The van der Waals surface area contributed by atoms with E-state index in [2.05, 4.69) is 0 Å². The summed E-state index contributed by atoms with van der Waals surface area (Å²) in [5.74, 6) is -0.781. The number of piperidine rings is 1. The molecule has 0 bridgehead atoms. The SMILES string of the molecule is C[C@@H](c1ccc(-c2ccc(F)cc2)cc1)N1CC[C@](C[C@H](O)CN(C)S(C)(=O)=O)(c2ccc(F)cc2)CC1=O. The van der Waals surface area contributed by atoms with Crippen LogP contribution in [0.25, 0.3) is 11.1 Å². The van der Waals surface area contributed by atoms with E-state index in [1.807, 2.05) is 36.1 Å². The Labute approximate surface area is 228 Å².